The molecule has 10 heteroatoms. The van der Waals surface area contributed by atoms with Crippen molar-refractivity contribution in [3.8, 4) is 17.1 Å². The summed E-state index contributed by atoms with van der Waals surface area (Å²) in [7, 11) is 1.50. The molecule has 1 amide bonds. The standard InChI is InChI=1S/C27H26ClFN4O4/c1-27(2,36)23(15-6-9-17(29)10-7-15)30-25(34)18-13-33-22(21(18)14-4-5-14)26(35)31-24(32-33)16-8-11-19(28)20(12-16)37-3/h6-14,23,36H,4-5H2,1-3H3,(H,30,34)(H,31,32,35)/t23-/m0/s1. The monoisotopic (exact) mass is 524 g/mol. The Kier molecular flexibility index (Phi) is 6.29. The van der Waals surface area contributed by atoms with E-state index in [1.54, 1.807) is 32.0 Å². The van der Waals surface area contributed by atoms with Crippen LogP contribution >= 0.6 is 11.6 Å². The molecule has 1 atom stereocenters. The van der Waals surface area contributed by atoms with Crippen molar-refractivity contribution in [2.75, 3.05) is 7.11 Å². The van der Waals surface area contributed by atoms with E-state index in [2.05, 4.69) is 15.4 Å². The van der Waals surface area contributed by atoms with E-state index in [9.17, 15) is 19.1 Å². The highest BCUT2D eigenvalue weighted by Gasteiger charge is 2.36. The number of aromatic amines is 1. The van der Waals surface area contributed by atoms with Crippen molar-refractivity contribution in [3.05, 3.63) is 86.5 Å². The summed E-state index contributed by atoms with van der Waals surface area (Å²) < 4.78 is 20.2. The molecule has 5 rings (SSSR count). The van der Waals surface area contributed by atoms with Crippen LogP contribution in [0.4, 0.5) is 4.39 Å². The van der Waals surface area contributed by atoms with Gasteiger partial charge in [0, 0.05) is 17.3 Å². The van der Waals surface area contributed by atoms with E-state index < -0.39 is 23.4 Å². The van der Waals surface area contributed by atoms with E-state index in [1.807, 2.05) is 0 Å². The van der Waals surface area contributed by atoms with E-state index in [4.69, 9.17) is 16.3 Å². The van der Waals surface area contributed by atoms with Gasteiger partial charge in [0.05, 0.1) is 29.3 Å². The summed E-state index contributed by atoms with van der Waals surface area (Å²) in [4.78, 5) is 29.6. The Hall–Kier alpha value is -3.69. The molecule has 0 aliphatic heterocycles. The van der Waals surface area contributed by atoms with Gasteiger partial charge in [-0.05, 0) is 68.5 Å². The van der Waals surface area contributed by atoms with Crippen molar-refractivity contribution in [3.63, 3.8) is 0 Å². The van der Waals surface area contributed by atoms with Gasteiger partial charge in [-0.1, -0.05) is 23.7 Å². The molecule has 3 N–H and O–H groups in total. The molecule has 1 fully saturated rings. The summed E-state index contributed by atoms with van der Waals surface area (Å²) in [6.45, 7) is 3.14. The van der Waals surface area contributed by atoms with Gasteiger partial charge in [-0.3, -0.25) is 9.59 Å². The van der Waals surface area contributed by atoms with Crippen LogP contribution in [0.25, 0.3) is 16.9 Å². The van der Waals surface area contributed by atoms with Gasteiger partial charge in [-0.15, -0.1) is 5.10 Å². The lowest BCUT2D eigenvalue weighted by atomic mass is 9.91. The highest BCUT2D eigenvalue weighted by Crippen LogP contribution is 2.44. The predicted molar refractivity (Wildman–Crippen MR) is 138 cm³/mol. The zero-order chi connectivity index (χ0) is 26.5. The maximum absolute atomic E-state index is 13.6. The summed E-state index contributed by atoms with van der Waals surface area (Å²) in [5, 5.41) is 18.7. The van der Waals surface area contributed by atoms with Gasteiger partial charge < -0.3 is 20.1 Å². The van der Waals surface area contributed by atoms with Crippen molar-refractivity contribution in [1.82, 2.24) is 19.9 Å². The van der Waals surface area contributed by atoms with E-state index >= 15 is 0 Å². The molecule has 0 bridgehead atoms. The van der Waals surface area contributed by atoms with E-state index in [0.29, 0.717) is 38.5 Å². The van der Waals surface area contributed by atoms with Crippen molar-refractivity contribution in [1.29, 1.82) is 0 Å². The first kappa shape index (κ1) is 25.0. The number of aromatic nitrogens is 3. The average Bonchev–Trinajstić information content (AvgIpc) is 3.62. The Balaban J connectivity index is 1.57. The van der Waals surface area contributed by atoms with Crippen LogP contribution in [0.5, 0.6) is 5.75 Å². The molecule has 2 heterocycles. The first-order chi connectivity index (χ1) is 17.6. The molecule has 0 unspecified atom stereocenters. The number of ether oxygens (including phenoxy) is 1. The number of H-pyrrole nitrogens is 1. The van der Waals surface area contributed by atoms with Crippen molar-refractivity contribution in [2.24, 2.45) is 0 Å². The Labute approximate surface area is 217 Å². The third kappa shape index (κ3) is 4.84. The maximum Gasteiger partial charge on any atom is 0.275 e. The Morgan fingerprint density at radius 2 is 1.97 bits per heavy atom. The number of carbonyl (C=O) groups is 1. The Bertz CT molecular complexity index is 1550. The number of amides is 1. The number of aliphatic hydroxyl groups is 1. The van der Waals surface area contributed by atoms with Crippen molar-refractivity contribution < 1.29 is 19.0 Å². The smallest absolute Gasteiger partial charge is 0.275 e. The minimum absolute atomic E-state index is 0.0570. The zero-order valence-corrected chi connectivity index (χ0v) is 21.3. The number of hydrogen-bond acceptors (Lipinski definition) is 5. The Morgan fingerprint density at radius 3 is 2.59 bits per heavy atom. The van der Waals surface area contributed by atoms with Gasteiger partial charge in [0.1, 0.15) is 17.1 Å². The number of hydrogen-bond donors (Lipinski definition) is 3. The summed E-state index contributed by atoms with van der Waals surface area (Å²) >= 11 is 6.13. The van der Waals surface area contributed by atoms with Crippen LogP contribution < -0.4 is 15.6 Å². The van der Waals surface area contributed by atoms with E-state index in [1.165, 1.54) is 42.1 Å². The normalized spacial score (nSPS) is 14.5. The maximum atomic E-state index is 13.6. The molecule has 37 heavy (non-hydrogen) atoms. The van der Waals surface area contributed by atoms with Crippen molar-refractivity contribution in [2.45, 2.75) is 44.2 Å². The third-order valence-electron chi connectivity index (χ3n) is 6.52. The number of nitrogens with zero attached hydrogens (tertiary/aromatic N) is 2. The fourth-order valence-electron chi connectivity index (χ4n) is 4.55. The number of fused-ring (bicyclic) bond motifs is 1. The molecule has 1 aliphatic carbocycles. The highest BCUT2D eigenvalue weighted by molar-refractivity contribution is 6.32. The minimum Gasteiger partial charge on any atom is -0.495 e. The zero-order valence-electron chi connectivity index (χ0n) is 20.5. The van der Waals surface area contributed by atoms with Crippen LogP contribution in [0.3, 0.4) is 0 Å². The van der Waals surface area contributed by atoms with Gasteiger partial charge in [0.25, 0.3) is 11.5 Å². The van der Waals surface area contributed by atoms with E-state index in [0.717, 1.165) is 12.8 Å². The first-order valence-electron chi connectivity index (χ1n) is 11.8. The van der Waals surface area contributed by atoms with Gasteiger partial charge >= 0.3 is 0 Å². The average molecular weight is 525 g/mol. The molecule has 8 nitrogen and oxygen atoms in total. The van der Waals surface area contributed by atoms with Gasteiger partial charge in [0.2, 0.25) is 0 Å². The molecule has 1 aliphatic rings. The van der Waals surface area contributed by atoms with Crippen LogP contribution in [0.15, 0.2) is 53.5 Å². The molecule has 4 aromatic rings. The van der Waals surface area contributed by atoms with Crippen LogP contribution in [-0.2, 0) is 0 Å². The topological polar surface area (TPSA) is 109 Å². The lowest BCUT2D eigenvalue weighted by Crippen LogP contribution is -2.42. The molecule has 2 aromatic heterocycles. The molecular weight excluding hydrogens is 499 g/mol. The van der Waals surface area contributed by atoms with Crippen LogP contribution in [0.1, 0.15) is 60.1 Å². The third-order valence-corrected chi connectivity index (χ3v) is 6.83. The second kappa shape index (κ2) is 9.32. The highest BCUT2D eigenvalue weighted by atomic mass is 35.5. The Morgan fingerprint density at radius 1 is 1.27 bits per heavy atom. The van der Waals surface area contributed by atoms with Gasteiger partial charge in [0.15, 0.2) is 5.82 Å². The number of halogens is 2. The SMILES string of the molecule is COc1cc(-c2nn3cc(C(=O)N[C@@H](c4ccc(F)cc4)C(C)(C)O)c(C4CC4)c3c(=O)[nH]2)ccc1Cl. The number of carbonyl (C=O) groups excluding carboxylic acids is 1. The quantitative estimate of drug-likeness (QED) is 0.327. The van der Waals surface area contributed by atoms with Crippen LogP contribution in [-0.4, -0.2) is 38.3 Å². The number of methoxy groups -OCH3 is 1. The molecular formula is C27H26ClFN4O4. The second-order valence-corrected chi connectivity index (χ2v) is 10.2. The lowest BCUT2D eigenvalue weighted by Gasteiger charge is -2.30. The summed E-state index contributed by atoms with van der Waals surface area (Å²) in [6, 6.07) is 9.81. The fraction of sp³-hybridized carbons (Fsp3) is 0.296. The molecule has 0 radical (unpaired) electrons. The van der Waals surface area contributed by atoms with Crippen molar-refractivity contribution >= 4 is 23.0 Å². The molecule has 0 spiro atoms. The molecule has 2 aromatic carbocycles. The summed E-state index contributed by atoms with van der Waals surface area (Å²) in [5.41, 5.74) is 0.655. The largest absolute Gasteiger partial charge is 0.495 e. The van der Waals surface area contributed by atoms with Gasteiger partial charge in [-0.2, -0.15) is 0 Å². The molecule has 192 valence electrons. The second-order valence-electron chi connectivity index (χ2n) is 9.79. The van der Waals surface area contributed by atoms with E-state index in [-0.39, 0.29) is 17.3 Å². The summed E-state index contributed by atoms with van der Waals surface area (Å²) in [6.07, 6.45) is 3.24. The van der Waals surface area contributed by atoms with Crippen LogP contribution in [0.2, 0.25) is 5.02 Å². The first-order valence-corrected chi connectivity index (χ1v) is 12.2. The summed E-state index contributed by atoms with van der Waals surface area (Å²) in [5.74, 6) is -0.0951. The number of rotatable bonds is 7. The number of nitrogens with one attached hydrogen (secondary N) is 2. The van der Waals surface area contributed by atoms with Crippen LogP contribution in [0, 0.1) is 5.82 Å². The fourth-order valence-corrected chi connectivity index (χ4v) is 4.74. The molecule has 0 saturated heterocycles. The lowest BCUT2D eigenvalue weighted by molar-refractivity contribution is 0.0343. The van der Waals surface area contributed by atoms with Gasteiger partial charge in [-0.25, -0.2) is 8.91 Å². The minimum atomic E-state index is -1.34. The number of benzene rings is 2. The predicted octanol–water partition coefficient (Wildman–Crippen LogP) is 4.61. The molecule has 1 saturated carbocycles.